The second-order valence-electron chi connectivity index (χ2n) is 4.86. The van der Waals surface area contributed by atoms with Crippen molar-refractivity contribution in [1.29, 1.82) is 0 Å². The second kappa shape index (κ2) is 5.53. The molecule has 1 saturated heterocycles. The summed E-state index contributed by atoms with van der Waals surface area (Å²) in [5.41, 5.74) is 1.27. The molecule has 2 aliphatic heterocycles. The van der Waals surface area contributed by atoms with E-state index in [0.717, 1.165) is 12.2 Å². The number of carboxylic acids is 1. The molecule has 0 bridgehead atoms. The van der Waals surface area contributed by atoms with Crippen molar-refractivity contribution >= 4 is 17.7 Å². The summed E-state index contributed by atoms with van der Waals surface area (Å²) in [4.78, 5) is 14.8. The van der Waals surface area contributed by atoms with E-state index in [1.807, 2.05) is 23.9 Å². The largest absolute Gasteiger partial charge is 0.480 e. The molecule has 0 saturated carbocycles. The Morgan fingerprint density at radius 2 is 2.26 bits per heavy atom. The van der Waals surface area contributed by atoms with Gasteiger partial charge in [-0.1, -0.05) is 18.2 Å². The number of ether oxygens (including phenoxy) is 1. The van der Waals surface area contributed by atoms with Crippen LogP contribution in [0.4, 0.5) is 0 Å². The van der Waals surface area contributed by atoms with E-state index in [-0.39, 0.29) is 6.04 Å². The molecule has 0 amide bonds. The van der Waals surface area contributed by atoms with Crippen LogP contribution in [-0.4, -0.2) is 47.5 Å². The van der Waals surface area contributed by atoms with Crippen LogP contribution in [-0.2, 0) is 9.53 Å². The molecule has 5 heteroatoms. The molecule has 0 aromatic heterocycles. The Morgan fingerprint density at radius 1 is 1.42 bits per heavy atom. The lowest BCUT2D eigenvalue weighted by Gasteiger charge is -2.41. The lowest BCUT2D eigenvalue weighted by atomic mass is 9.99. The third-order valence-corrected chi connectivity index (χ3v) is 4.90. The van der Waals surface area contributed by atoms with E-state index < -0.39 is 12.0 Å². The zero-order valence-electron chi connectivity index (χ0n) is 10.6. The van der Waals surface area contributed by atoms with Gasteiger partial charge in [0, 0.05) is 17.5 Å². The smallest absolute Gasteiger partial charge is 0.323 e. The van der Waals surface area contributed by atoms with Crippen molar-refractivity contribution in [1.82, 2.24) is 4.90 Å². The van der Waals surface area contributed by atoms with Crippen LogP contribution in [0.25, 0.3) is 0 Å². The monoisotopic (exact) mass is 279 g/mol. The highest BCUT2D eigenvalue weighted by molar-refractivity contribution is 7.99. The Kier molecular flexibility index (Phi) is 3.77. The van der Waals surface area contributed by atoms with E-state index in [4.69, 9.17) is 4.74 Å². The predicted molar refractivity (Wildman–Crippen MR) is 73.5 cm³/mol. The maximum absolute atomic E-state index is 11.4. The first-order chi connectivity index (χ1) is 9.27. The van der Waals surface area contributed by atoms with E-state index in [1.54, 1.807) is 0 Å². The zero-order valence-corrected chi connectivity index (χ0v) is 11.4. The summed E-state index contributed by atoms with van der Waals surface area (Å²) < 4.78 is 5.32. The summed E-state index contributed by atoms with van der Waals surface area (Å²) in [7, 11) is 0. The highest BCUT2D eigenvalue weighted by Gasteiger charge is 2.36. The van der Waals surface area contributed by atoms with Gasteiger partial charge in [0.05, 0.1) is 13.2 Å². The number of aliphatic carboxylic acids is 1. The molecular formula is C14H17NO3S. The SMILES string of the molecule is O=C(O)C1COCCN1C1CCSc2ccccc21. The number of hydrogen-bond donors (Lipinski definition) is 1. The topological polar surface area (TPSA) is 49.8 Å². The molecule has 2 atom stereocenters. The number of nitrogens with zero attached hydrogens (tertiary/aromatic N) is 1. The predicted octanol–water partition coefficient (Wildman–Crippen LogP) is 2.01. The Hall–Kier alpha value is -1.04. The molecule has 1 N–H and O–H groups in total. The second-order valence-corrected chi connectivity index (χ2v) is 5.99. The third kappa shape index (κ3) is 2.50. The quantitative estimate of drug-likeness (QED) is 0.897. The summed E-state index contributed by atoms with van der Waals surface area (Å²) in [5.74, 6) is 0.265. The van der Waals surface area contributed by atoms with Crippen molar-refractivity contribution in [2.45, 2.75) is 23.4 Å². The average molecular weight is 279 g/mol. The first-order valence-corrected chi connectivity index (χ1v) is 7.54. The number of carbonyl (C=O) groups is 1. The zero-order chi connectivity index (χ0) is 13.2. The number of morpholine rings is 1. The molecule has 0 aliphatic carbocycles. The average Bonchev–Trinajstić information content (AvgIpc) is 2.46. The number of fused-ring (bicyclic) bond motifs is 1. The molecule has 0 radical (unpaired) electrons. The fourth-order valence-electron chi connectivity index (χ4n) is 2.87. The molecule has 2 unspecified atom stereocenters. The van der Waals surface area contributed by atoms with Crippen molar-refractivity contribution in [2.75, 3.05) is 25.5 Å². The standard InChI is InChI=1S/C14H17NO3S/c16-14(17)12-9-18-7-6-15(12)11-5-8-19-13-4-2-1-3-10(11)13/h1-4,11-12H,5-9H2,(H,16,17). The van der Waals surface area contributed by atoms with Gasteiger partial charge >= 0.3 is 5.97 Å². The molecule has 102 valence electrons. The molecule has 0 spiro atoms. The van der Waals surface area contributed by atoms with Gasteiger partial charge in [-0.15, -0.1) is 11.8 Å². The van der Waals surface area contributed by atoms with Crippen LogP contribution in [0, 0.1) is 0 Å². The van der Waals surface area contributed by atoms with Crippen molar-refractivity contribution in [3.63, 3.8) is 0 Å². The normalized spacial score (nSPS) is 27.8. The van der Waals surface area contributed by atoms with Gasteiger partial charge in [0.2, 0.25) is 0 Å². The fourth-order valence-corrected chi connectivity index (χ4v) is 3.98. The Balaban J connectivity index is 1.91. The van der Waals surface area contributed by atoms with Gasteiger partial charge in [-0.05, 0) is 23.8 Å². The minimum atomic E-state index is -0.782. The summed E-state index contributed by atoms with van der Waals surface area (Å²) >= 11 is 1.86. The lowest BCUT2D eigenvalue weighted by molar-refractivity contribution is -0.151. The van der Waals surface area contributed by atoms with Gasteiger partial charge in [-0.2, -0.15) is 0 Å². The van der Waals surface area contributed by atoms with Crippen molar-refractivity contribution in [3.8, 4) is 0 Å². The fraction of sp³-hybridized carbons (Fsp3) is 0.500. The molecule has 1 aromatic rings. The maximum Gasteiger partial charge on any atom is 0.323 e. The van der Waals surface area contributed by atoms with Gasteiger partial charge in [0.25, 0.3) is 0 Å². The summed E-state index contributed by atoms with van der Waals surface area (Å²) in [6.07, 6.45) is 1.01. The Bertz CT molecular complexity index is 480. The molecule has 4 nitrogen and oxygen atoms in total. The van der Waals surface area contributed by atoms with Gasteiger partial charge in [0.1, 0.15) is 6.04 Å². The van der Waals surface area contributed by atoms with E-state index >= 15 is 0 Å². The van der Waals surface area contributed by atoms with Gasteiger partial charge in [-0.25, -0.2) is 0 Å². The Labute approximate surface area is 116 Å². The first-order valence-electron chi connectivity index (χ1n) is 6.55. The summed E-state index contributed by atoms with van der Waals surface area (Å²) in [6.45, 7) is 1.61. The number of carboxylic acid groups (broad SMARTS) is 1. The van der Waals surface area contributed by atoms with Gasteiger partial charge in [-0.3, -0.25) is 9.69 Å². The molecule has 2 heterocycles. The van der Waals surface area contributed by atoms with E-state index in [9.17, 15) is 9.90 Å². The Morgan fingerprint density at radius 3 is 3.11 bits per heavy atom. The molecule has 2 aliphatic rings. The van der Waals surface area contributed by atoms with Crippen LogP contribution >= 0.6 is 11.8 Å². The van der Waals surface area contributed by atoms with E-state index in [2.05, 4.69) is 17.0 Å². The van der Waals surface area contributed by atoms with Crippen LogP contribution < -0.4 is 0 Å². The van der Waals surface area contributed by atoms with Crippen LogP contribution in [0.15, 0.2) is 29.2 Å². The third-order valence-electron chi connectivity index (χ3n) is 3.78. The van der Waals surface area contributed by atoms with Gasteiger partial charge < -0.3 is 9.84 Å². The minimum absolute atomic E-state index is 0.211. The molecule has 19 heavy (non-hydrogen) atoms. The first kappa shape index (κ1) is 13.0. The van der Waals surface area contributed by atoms with E-state index in [0.29, 0.717) is 19.8 Å². The molecule has 1 aromatic carbocycles. The van der Waals surface area contributed by atoms with Crippen LogP contribution in [0.2, 0.25) is 0 Å². The number of hydrogen-bond acceptors (Lipinski definition) is 4. The van der Waals surface area contributed by atoms with Crippen molar-refractivity contribution in [2.24, 2.45) is 0 Å². The van der Waals surface area contributed by atoms with Gasteiger partial charge in [0.15, 0.2) is 0 Å². The van der Waals surface area contributed by atoms with Crippen molar-refractivity contribution in [3.05, 3.63) is 29.8 Å². The maximum atomic E-state index is 11.4. The molecule has 3 rings (SSSR count). The highest BCUT2D eigenvalue weighted by atomic mass is 32.2. The molecular weight excluding hydrogens is 262 g/mol. The van der Waals surface area contributed by atoms with Crippen LogP contribution in [0.3, 0.4) is 0 Å². The lowest BCUT2D eigenvalue weighted by Crippen LogP contribution is -2.51. The minimum Gasteiger partial charge on any atom is -0.480 e. The van der Waals surface area contributed by atoms with Crippen LogP contribution in [0.5, 0.6) is 0 Å². The van der Waals surface area contributed by atoms with Crippen LogP contribution in [0.1, 0.15) is 18.0 Å². The molecule has 1 fully saturated rings. The highest BCUT2D eigenvalue weighted by Crippen LogP contribution is 2.40. The number of rotatable bonds is 2. The van der Waals surface area contributed by atoms with Crippen molar-refractivity contribution < 1.29 is 14.6 Å². The summed E-state index contributed by atoms with van der Waals surface area (Å²) in [6, 6.07) is 8.02. The van der Waals surface area contributed by atoms with E-state index in [1.165, 1.54) is 10.5 Å². The number of thioether (sulfide) groups is 1. The number of benzene rings is 1. The summed E-state index contributed by atoms with van der Waals surface area (Å²) in [5, 5.41) is 9.36.